The molecule has 0 bridgehead atoms. The van der Waals surface area contributed by atoms with Crippen LogP contribution in [0.2, 0.25) is 0 Å². The van der Waals surface area contributed by atoms with E-state index in [1.54, 1.807) is 36.4 Å². The molecule has 0 N–H and O–H groups in total. The van der Waals surface area contributed by atoms with Gasteiger partial charge < -0.3 is 4.74 Å². The summed E-state index contributed by atoms with van der Waals surface area (Å²) >= 11 is 0.989. The van der Waals surface area contributed by atoms with E-state index in [1.165, 1.54) is 28.7 Å². The van der Waals surface area contributed by atoms with Gasteiger partial charge in [0, 0.05) is 12.3 Å². The molecule has 1 aliphatic heterocycles. The van der Waals surface area contributed by atoms with E-state index in [1.807, 2.05) is 6.07 Å². The van der Waals surface area contributed by atoms with Crippen molar-refractivity contribution in [3.05, 3.63) is 80.5 Å². The molecule has 6 nitrogen and oxygen atoms in total. The summed E-state index contributed by atoms with van der Waals surface area (Å²) in [5.41, 5.74) is 1.34. The number of hydrogen-bond donors (Lipinski definition) is 0. The van der Waals surface area contributed by atoms with Gasteiger partial charge >= 0.3 is 10.8 Å². The number of fused-ring (bicyclic) bond motifs is 1. The van der Waals surface area contributed by atoms with Crippen LogP contribution in [0, 0.1) is 5.82 Å². The third-order valence-electron chi connectivity index (χ3n) is 4.85. The third kappa shape index (κ3) is 3.47. The number of aromatic nitrogens is 1. The predicted molar refractivity (Wildman–Crippen MR) is 107 cm³/mol. The van der Waals surface area contributed by atoms with Crippen molar-refractivity contribution >= 4 is 34.7 Å². The fourth-order valence-corrected chi connectivity index (χ4v) is 4.59. The molecule has 0 saturated carbocycles. The van der Waals surface area contributed by atoms with Crippen LogP contribution in [0.3, 0.4) is 0 Å². The molecule has 0 unspecified atom stereocenters. The van der Waals surface area contributed by atoms with Crippen molar-refractivity contribution in [2.75, 3.05) is 12.0 Å². The largest absolute Gasteiger partial charge is 0.468 e. The van der Waals surface area contributed by atoms with Crippen LogP contribution in [0.5, 0.6) is 0 Å². The lowest BCUT2D eigenvalue weighted by Crippen LogP contribution is -2.36. The Morgan fingerprint density at radius 1 is 1.14 bits per heavy atom. The van der Waals surface area contributed by atoms with Gasteiger partial charge in [-0.1, -0.05) is 41.7 Å². The number of carbonyl (C=O) groups is 2. The number of ether oxygens (including phenoxy) is 1. The molecule has 8 heteroatoms. The van der Waals surface area contributed by atoms with Gasteiger partial charge in [-0.05, 0) is 29.8 Å². The number of benzene rings is 2. The zero-order chi connectivity index (χ0) is 20.5. The first-order chi connectivity index (χ1) is 14.0. The smallest absolute Gasteiger partial charge is 0.325 e. The van der Waals surface area contributed by atoms with Crippen molar-refractivity contribution in [2.24, 2.45) is 0 Å². The van der Waals surface area contributed by atoms with Crippen LogP contribution in [0.15, 0.2) is 59.4 Å². The summed E-state index contributed by atoms with van der Waals surface area (Å²) in [6.07, 6.45) is 0.131. The zero-order valence-corrected chi connectivity index (χ0v) is 16.3. The van der Waals surface area contributed by atoms with Gasteiger partial charge in [-0.3, -0.25) is 23.9 Å². The van der Waals surface area contributed by atoms with Crippen molar-refractivity contribution in [1.29, 1.82) is 0 Å². The van der Waals surface area contributed by atoms with Gasteiger partial charge in [-0.25, -0.2) is 4.39 Å². The first kappa shape index (κ1) is 19.1. The van der Waals surface area contributed by atoms with E-state index in [-0.39, 0.29) is 29.6 Å². The van der Waals surface area contributed by atoms with Crippen LogP contribution in [-0.4, -0.2) is 23.6 Å². The van der Waals surface area contributed by atoms with Crippen LogP contribution in [0.25, 0.3) is 0 Å². The number of rotatable bonds is 4. The van der Waals surface area contributed by atoms with Gasteiger partial charge in [0.05, 0.1) is 17.7 Å². The number of carbonyl (C=O) groups excluding carboxylic acids is 2. The second kappa shape index (κ2) is 7.63. The summed E-state index contributed by atoms with van der Waals surface area (Å²) in [5, 5.41) is 0. The van der Waals surface area contributed by atoms with Gasteiger partial charge in [0.15, 0.2) is 0 Å². The fourth-order valence-electron chi connectivity index (χ4n) is 3.49. The number of thiazole rings is 1. The summed E-state index contributed by atoms with van der Waals surface area (Å²) in [6.45, 7) is -0.298. The molecule has 4 rings (SSSR count). The standard InChI is InChI=1S/C21H17FN2O4S/c1-28-18(26)12-23-20-19(29-21(23)27)16(13-7-9-14(22)10-8-13)11-17(25)24(20)15-5-3-2-4-6-15/h2-10,16H,11-12H2,1H3/t16-/m0/s1. The molecular formula is C21H17FN2O4S. The molecule has 148 valence electrons. The van der Waals surface area contributed by atoms with Crippen molar-refractivity contribution in [3.8, 4) is 0 Å². The van der Waals surface area contributed by atoms with Crippen molar-refractivity contribution < 1.29 is 18.7 Å². The van der Waals surface area contributed by atoms with E-state index in [0.29, 0.717) is 16.4 Å². The van der Waals surface area contributed by atoms with Gasteiger partial charge in [-0.15, -0.1) is 0 Å². The topological polar surface area (TPSA) is 68.6 Å². The molecule has 1 atom stereocenters. The Morgan fingerprint density at radius 3 is 2.48 bits per heavy atom. The number of halogens is 1. The lowest BCUT2D eigenvalue weighted by Gasteiger charge is -2.32. The molecule has 2 aromatic carbocycles. The van der Waals surface area contributed by atoms with E-state index < -0.39 is 11.9 Å². The number of anilines is 2. The summed E-state index contributed by atoms with van der Waals surface area (Å²) in [7, 11) is 1.24. The molecule has 1 aromatic heterocycles. The monoisotopic (exact) mass is 412 g/mol. The molecule has 29 heavy (non-hydrogen) atoms. The van der Waals surface area contributed by atoms with E-state index in [2.05, 4.69) is 0 Å². The average Bonchev–Trinajstić information content (AvgIpc) is 3.04. The lowest BCUT2D eigenvalue weighted by molar-refractivity contribution is -0.141. The highest BCUT2D eigenvalue weighted by molar-refractivity contribution is 7.10. The molecule has 0 fully saturated rings. The number of hydrogen-bond acceptors (Lipinski definition) is 5. The Hall–Kier alpha value is -3.26. The number of esters is 1. The zero-order valence-electron chi connectivity index (χ0n) is 15.5. The molecule has 1 aliphatic rings. The highest BCUT2D eigenvalue weighted by Gasteiger charge is 2.38. The van der Waals surface area contributed by atoms with Crippen molar-refractivity contribution in [1.82, 2.24) is 4.57 Å². The Kier molecular flexibility index (Phi) is 5.02. The number of methoxy groups -OCH3 is 1. The third-order valence-corrected chi connectivity index (χ3v) is 5.93. The van der Waals surface area contributed by atoms with Gasteiger partial charge in [-0.2, -0.15) is 0 Å². The first-order valence-electron chi connectivity index (χ1n) is 8.93. The van der Waals surface area contributed by atoms with Crippen LogP contribution >= 0.6 is 11.3 Å². The maximum atomic E-state index is 13.4. The van der Waals surface area contributed by atoms with Crippen LogP contribution in [-0.2, 0) is 20.9 Å². The Balaban J connectivity index is 1.91. The maximum absolute atomic E-state index is 13.4. The first-order valence-corrected chi connectivity index (χ1v) is 9.75. The molecular weight excluding hydrogens is 395 g/mol. The van der Waals surface area contributed by atoms with Gasteiger partial charge in [0.25, 0.3) is 0 Å². The Labute approximate surface area is 169 Å². The fraction of sp³-hybridized carbons (Fsp3) is 0.190. The van der Waals surface area contributed by atoms with Gasteiger partial charge in [0.1, 0.15) is 18.2 Å². The lowest BCUT2D eigenvalue weighted by atomic mass is 9.90. The molecule has 0 saturated heterocycles. The minimum atomic E-state index is -0.586. The highest BCUT2D eigenvalue weighted by atomic mass is 32.1. The number of para-hydroxylation sites is 1. The Bertz CT molecular complexity index is 1120. The van der Waals surface area contributed by atoms with Crippen molar-refractivity contribution in [3.63, 3.8) is 0 Å². The van der Waals surface area contributed by atoms with Crippen LogP contribution in [0.4, 0.5) is 15.9 Å². The quantitative estimate of drug-likeness (QED) is 0.616. The minimum absolute atomic E-state index is 0.131. The molecule has 0 radical (unpaired) electrons. The maximum Gasteiger partial charge on any atom is 0.325 e. The van der Waals surface area contributed by atoms with E-state index in [4.69, 9.17) is 4.74 Å². The van der Waals surface area contributed by atoms with Crippen molar-refractivity contribution in [2.45, 2.75) is 18.9 Å². The molecule has 1 amide bonds. The van der Waals surface area contributed by atoms with E-state index in [0.717, 1.165) is 16.9 Å². The summed E-state index contributed by atoms with van der Waals surface area (Å²) in [5.74, 6) is -1.21. The molecule has 0 spiro atoms. The average molecular weight is 412 g/mol. The van der Waals surface area contributed by atoms with E-state index >= 15 is 0 Å². The van der Waals surface area contributed by atoms with Crippen LogP contribution < -0.4 is 9.77 Å². The van der Waals surface area contributed by atoms with Gasteiger partial charge in [0.2, 0.25) is 5.91 Å². The van der Waals surface area contributed by atoms with E-state index in [9.17, 15) is 18.8 Å². The molecule has 0 aliphatic carbocycles. The summed E-state index contributed by atoms with van der Waals surface area (Å²) in [4.78, 5) is 39.6. The molecule has 3 aromatic rings. The summed E-state index contributed by atoms with van der Waals surface area (Å²) < 4.78 is 19.4. The predicted octanol–water partition coefficient (Wildman–Crippen LogP) is 3.42. The Morgan fingerprint density at radius 2 is 1.83 bits per heavy atom. The van der Waals surface area contributed by atoms with Crippen LogP contribution in [0.1, 0.15) is 22.8 Å². The summed E-state index contributed by atoms with van der Waals surface area (Å²) in [6, 6.07) is 14.8. The number of nitrogens with zero attached hydrogens (tertiary/aromatic N) is 2. The minimum Gasteiger partial charge on any atom is -0.468 e. The number of amides is 1. The highest BCUT2D eigenvalue weighted by Crippen LogP contribution is 2.44. The second-order valence-electron chi connectivity index (χ2n) is 6.59. The normalized spacial score (nSPS) is 15.9. The second-order valence-corrected chi connectivity index (χ2v) is 7.58. The SMILES string of the molecule is COC(=O)Cn1c2c(sc1=O)[C@H](c1ccc(F)cc1)CC(=O)N2c1ccccc1. The molecule has 2 heterocycles.